The van der Waals surface area contributed by atoms with Crippen LogP contribution in [0, 0.1) is 0 Å². The zero-order valence-corrected chi connectivity index (χ0v) is 12.2. The number of H-pyrrole nitrogens is 1. The lowest BCUT2D eigenvalue weighted by atomic mass is 9.98. The third-order valence-electron chi connectivity index (χ3n) is 3.81. The molecular formula is C19H13N3O. The summed E-state index contributed by atoms with van der Waals surface area (Å²) in [6.07, 6.45) is 3.20. The van der Waals surface area contributed by atoms with Gasteiger partial charge in [-0.25, -0.2) is 4.98 Å². The number of nitrogens with zero attached hydrogens (tertiary/aromatic N) is 2. The third-order valence-corrected chi connectivity index (χ3v) is 3.81. The number of aromatic amines is 1. The predicted molar refractivity (Wildman–Crippen MR) is 91.0 cm³/mol. The van der Waals surface area contributed by atoms with Gasteiger partial charge < -0.3 is 4.98 Å². The molecule has 1 N–H and O–H groups in total. The molecule has 2 aromatic carbocycles. The van der Waals surface area contributed by atoms with Gasteiger partial charge in [0.25, 0.3) is 5.56 Å². The predicted octanol–water partition coefficient (Wildman–Crippen LogP) is 3.65. The van der Waals surface area contributed by atoms with Crippen LogP contribution in [0.4, 0.5) is 0 Å². The maximum atomic E-state index is 12.0. The van der Waals surface area contributed by atoms with Crippen molar-refractivity contribution in [1.29, 1.82) is 0 Å². The van der Waals surface area contributed by atoms with E-state index >= 15 is 0 Å². The van der Waals surface area contributed by atoms with E-state index in [9.17, 15) is 4.79 Å². The van der Waals surface area contributed by atoms with E-state index in [1.54, 1.807) is 6.20 Å². The van der Waals surface area contributed by atoms with Crippen LogP contribution < -0.4 is 5.56 Å². The van der Waals surface area contributed by atoms with E-state index in [0.29, 0.717) is 10.9 Å². The maximum absolute atomic E-state index is 12.0. The first-order chi connectivity index (χ1) is 11.3. The average molecular weight is 299 g/mol. The van der Waals surface area contributed by atoms with Gasteiger partial charge >= 0.3 is 0 Å². The Morgan fingerprint density at radius 3 is 2.57 bits per heavy atom. The largest absolute Gasteiger partial charge is 0.313 e. The first-order valence-corrected chi connectivity index (χ1v) is 7.31. The van der Waals surface area contributed by atoms with Crippen LogP contribution in [0.2, 0.25) is 0 Å². The molecule has 0 aliphatic carbocycles. The summed E-state index contributed by atoms with van der Waals surface area (Å²) in [6.45, 7) is 0. The van der Waals surface area contributed by atoms with Gasteiger partial charge in [0, 0.05) is 17.3 Å². The lowest BCUT2D eigenvalue weighted by Crippen LogP contribution is -2.06. The molecule has 110 valence electrons. The molecule has 4 aromatic rings. The van der Waals surface area contributed by atoms with Gasteiger partial charge in [-0.05, 0) is 23.8 Å². The number of pyridine rings is 1. The summed E-state index contributed by atoms with van der Waals surface area (Å²) in [5.74, 6) is 0. The van der Waals surface area contributed by atoms with E-state index in [4.69, 9.17) is 0 Å². The van der Waals surface area contributed by atoms with Crippen LogP contribution in [0.25, 0.3) is 33.3 Å². The molecule has 0 aliphatic rings. The molecule has 0 unspecified atom stereocenters. The molecular weight excluding hydrogens is 286 g/mol. The number of hydrogen-bond acceptors (Lipinski definition) is 3. The van der Waals surface area contributed by atoms with E-state index in [-0.39, 0.29) is 5.56 Å². The fourth-order valence-corrected chi connectivity index (χ4v) is 2.70. The Balaban J connectivity index is 1.95. The zero-order valence-electron chi connectivity index (χ0n) is 12.2. The van der Waals surface area contributed by atoms with Crippen LogP contribution in [0.15, 0.2) is 78.0 Å². The Hall–Kier alpha value is -3.27. The van der Waals surface area contributed by atoms with E-state index < -0.39 is 0 Å². The van der Waals surface area contributed by atoms with E-state index in [2.05, 4.69) is 15.0 Å². The number of rotatable bonds is 2. The van der Waals surface area contributed by atoms with Crippen molar-refractivity contribution in [1.82, 2.24) is 15.0 Å². The molecule has 0 fully saturated rings. The molecule has 2 heterocycles. The number of nitrogens with one attached hydrogen (secondary N) is 1. The van der Waals surface area contributed by atoms with Crippen LogP contribution in [-0.2, 0) is 0 Å². The van der Waals surface area contributed by atoms with Crippen molar-refractivity contribution < 1.29 is 0 Å². The molecule has 4 nitrogen and oxygen atoms in total. The molecule has 0 bridgehead atoms. The van der Waals surface area contributed by atoms with Crippen LogP contribution in [-0.4, -0.2) is 15.0 Å². The van der Waals surface area contributed by atoms with Gasteiger partial charge in [-0.1, -0.05) is 42.5 Å². The highest BCUT2D eigenvalue weighted by atomic mass is 16.1. The highest BCUT2D eigenvalue weighted by Gasteiger charge is 2.10. The normalized spacial score (nSPS) is 10.8. The van der Waals surface area contributed by atoms with Gasteiger partial charge in [0.15, 0.2) is 0 Å². The monoisotopic (exact) mass is 299 g/mol. The lowest BCUT2D eigenvalue weighted by molar-refractivity contribution is 1.17. The fourth-order valence-electron chi connectivity index (χ4n) is 2.70. The summed E-state index contributed by atoms with van der Waals surface area (Å²) in [5, 5.41) is 0.577. The molecule has 0 atom stereocenters. The molecule has 0 radical (unpaired) electrons. The Kier molecular flexibility index (Phi) is 3.20. The smallest absolute Gasteiger partial charge is 0.258 e. The number of aromatic nitrogens is 3. The van der Waals surface area contributed by atoms with Gasteiger partial charge in [-0.15, -0.1) is 0 Å². The van der Waals surface area contributed by atoms with Gasteiger partial charge in [-0.2, -0.15) is 0 Å². The quantitative estimate of drug-likeness (QED) is 0.614. The van der Waals surface area contributed by atoms with E-state index in [0.717, 1.165) is 22.4 Å². The summed E-state index contributed by atoms with van der Waals surface area (Å²) < 4.78 is 0. The molecule has 0 saturated heterocycles. The molecule has 0 amide bonds. The Morgan fingerprint density at radius 2 is 1.70 bits per heavy atom. The molecule has 0 aliphatic heterocycles. The minimum Gasteiger partial charge on any atom is -0.313 e. The molecule has 23 heavy (non-hydrogen) atoms. The summed E-state index contributed by atoms with van der Waals surface area (Å²) in [7, 11) is 0. The van der Waals surface area contributed by atoms with E-state index in [1.165, 1.54) is 6.33 Å². The van der Waals surface area contributed by atoms with Crippen LogP contribution in [0.1, 0.15) is 0 Å². The van der Waals surface area contributed by atoms with Crippen molar-refractivity contribution >= 4 is 10.9 Å². The van der Waals surface area contributed by atoms with Gasteiger partial charge in [-0.3, -0.25) is 9.78 Å². The fraction of sp³-hybridized carbons (Fsp3) is 0. The second-order valence-electron chi connectivity index (χ2n) is 5.23. The SMILES string of the molecule is O=c1[nH]cnc2ccc(-c3cccnc3-c3ccccc3)cc12. The second kappa shape index (κ2) is 5.50. The standard InChI is InChI=1S/C19H13N3O/c23-19-16-11-14(8-9-17(16)21-12-22-19)15-7-4-10-20-18(15)13-5-2-1-3-6-13/h1-12H,(H,21,22,23). The van der Waals surface area contributed by atoms with Crippen molar-refractivity contribution in [3.8, 4) is 22.4 Å². The first kappa shape index (κ1) is 13.4. The van der Waals surface area contributed by atoms with Gasteiger partial charge in [0.2, 0.25) is 0 Å². The highest BCUT2D eigenvalue weighted by Crippen LogP contribution is 2.30. The number of fused-ring (bicyclic) bond motifs is 1. The zero-order chi connectivity index (χ0) is 15.6. The van der Waals surface area contributed by atoms with E-state index in [1.807, 2.05) is 60.7 Å². The summed E-state index contributed by atoms with van der Waals surface area (Å²) in [5.41, 5.74) is 4.42. The summed E-state index contributed by atoms with van der Waals surface area (Å²) in [4.78, 5) is 23.3. The summed E-state index contributed by atoms with van der Waals surface area (Å²) >= 11 is 0. The molecule has 0 saturated carbocycles. The Morgan fingerprint density at radius 1 is 0.826 bits per heavy atom. The Labute approximate surface area is 132 Å². The average Bonchev–Trinajstić information content (AvgIpc) is 2.63. The van der Waals surface area contributed by atoms with Gasteiger partial charge in [0.1, 0.15) is 0 Å². The van der Waals surface area contributed by atoms with Crippen LogP contribution >= 0.6 is 0 Å². The van der Waals surface area contributed by atoms with Crippen LogP contribution in [0.5, 0.6) is 0 Å². The van der Waals surface area contributed by atoms with Crippen molar-refractivity contribution in [2.75, 3.05) is 0 Å². The maximum Gasteiger partial charge on any atom is 0.258 e. The molecule has 4 heteroatoms. The third kappa shape index (κ3) is 2.40. The molecule has 0 spiro atoms. The minimum atomic E-state index is -0.137. The number of benzene rings is 2. The first-order valence-electron chi connectivity index (χ1n) is 7.31. The van der Waals surface area contributed by atoms with Crippen molar-refractivity contribution in [3.63, 3.8) is 0 Å². The molecule has 2 aromatic heterocycles. The second-order valence-corrected chi connectivity index (χ2v) is 5.23. The van der Waals surface area contributed by atoms with Crippen LogP contribution in [0.3, 0.4) is 0 Å². The van der Waals surface area contributed by atoms with Crippen molar-refractivity contribution in [2.45, 2.75) is 0 Å². The van der Waals surface area contributed by atoms with Gasteiger partial charge in [0.05, 0.1) is 22.9 Å². The summed E-state index contributed by atoms with van der Waals surface area (Å²) in [6, 6.07) is 19.6. The number of hydrogen-bond donors (Lipinski definition) is 1. The highest BCUT2D eigenvalue weighted by molar-refractivity contribution is 5.87. The topological polar surface area (TPSA) is 58.6 Å². The minimum absolute atomic E-state index is 0.137. The Bertz CT molecular complexity index is 1040. The molecule has 4 rings (SSSR count). The van der Waals surface area contributed by atoms with Crippen molar-refractivity contribution in [2.24, 2.45) is 0 Å². The van der Waals surface area contributed by atoms with Crippen molar-refractivity contribution in [3.05, 3.63) is 83.5 Å². The lowest BCUT2D eigenvalue weighted by Gasteiger charge is -2.09.